The zero-order chi connectivity index (χ0) is 21.5. The molecule has 0 bridgehead atoms. The van der Waals surface area contributed by atoms with Crippen molar-refractivity contribution < 1.29 is 9.53 Å². The standard InChI is InChI=1S/C25H29N3O2S/c1-27-10-12-28(13-11-27)18-21-6-2-5-20(15-21)17-26-25(29)22-7-3-8-23(16-22)30-19-24-9-4-14-31-24/h2-9,14-16H,10-13,17-19H2,1H3,(H,26,29). The van der Waals surface area contributed by atoms with E-state index in [1.165, 1.54) is 5.56 Å². The van der Waals surface area contributed by atoms with Gasteiger partial charge in [0, 0.05) is 49.7 Å². The van der Waals surface area contributed by atoms with E-state index in [0.717, 1.165) is 43.2 Å². The lowest BCUT2D eigenvalue weighted by atomic mass is 10.1. The molecule has 0 spiro atoms. The molecule has 1 N–H and O–H groups in total. The number of benzene rings is 2. The minimum Gasteiger partial charge on any atom is -0.488 e. The first kappa shape index (κ1) is 21.6. The van der Waals surface area contributed by atoms with Crippen LogP contribution in [0.2, 0.25) is 0 Å². The summed E-state index contributed by atoms with van der Waals surface area (Å²) in [5.41, 5.74) is 3.02. The minimum absolute atomic E-state index is 0.0916. The first-order chi connectivity index (χ1) is 15.2. The van der Waals surface area contributed by atoms with E-state index in [1.807, 2.05) is 35.7 Å². The van der Waals surface area contributed by atoms with Gasteiger partial charge in [-0.15, -0.1) is 11.3 Å². The number of carbonyl (C=O) groups is 1. The highest BCUT2D eigenvalue weighted by Gasteiger charge is 2.14. The Bertz CT molecular complexity index is 982. The monoisotopic (exact) mass is 435 g/mol. The highest BCUT2D eigenvalue weighted by atomic mass is 32.1. The number of thiophene rings is 1. The molecule has 0 unspecified atom stereocenters. The van der Waals surface area contributed by atoms with Crippen molar-refractivity contribution in [2.24, 2.45) is 0 Å². The fraction of sp³-hybridized carbons (Fsp3) is 0.320. The Morgan fingerprint density at radius 1 is 1.00 bits per heavy atom. The second-order valence-electron chi connectivity index (χ2n) is 7.98. The van der Waals surface area contributed by atoms with E-state index in [0.29, 0.717) is 24.5 Å². The predicted octanol–water partition coefficient (Wildman–Crippen LogP) is 4.00. The Morgan fingerprint density at radius 2 is 1.81 bits per heavy atom. The van der Waals surface area contributed by atoms with Gasteiger partial charge in [0.15, 0.2) is 0 Å². The topological polar surface area (TPSA) is 44.8 Å². The third kappa shape index (κ3) is 6.40. The molecule has 1 aliphatic heterocycles. The number of amides is 1. The van der Waals surface area contributed by atoms with E-state index in [2.05, 4.69) is 46.4 Å². The molecule has 5 nitrogen and oxygen atoms in total. The summed E-state index contributed by atoms with van der Waals surface area (Å²) in [6.07, 6.45) is 0. The summed E-state index contributed by atoms with van der Waals surface area (Å²) in [6, 6.07) is 19.9. The molecule has 1 aromatic heterocycles. The number of likely N-dealkylation sites (N-methyl/N-ethyl adjacent to an activating group) is 1. The lowest BCUT2D eigenvalue weighted by molar-refractivity contribution is 0.0950. The zero-order valence-electron chi connectivity index (χ0n) is 17.9. The summed E-state index contributed by atoms with van der Waals surface area (Å²) in [4.78, 5) is 18.7. The molecule has 6 heteroatoms. The van der Waals surface area contributed by atoms with Gasteiger partial charge in [-0.05, 0) is 47.8 Å². The number of piperazine rings is 1. The fourth-order valence-corrected chi connectivity index (χ4v) is 4.28. The van der Waals surface area contributed by atoms with Crippen molar-refractivity contribution in [3.63, 3.8) is 0 Å². The van der Waals surface area contributed by atoms with E-state index in [-0.39, 0.29) is 5.91 Å². The Labute approximate surface area is 188 Å². The third-order valence-electron chi connectivity index (χ3n) is 5.50. The quantitative estimate of drug-likeness (QED) is 0.581. The molecule has 1 aliphatic rings. The molecule has 0 atom stereocenters. The molecule has 1 saturated heterocycles. The van der Waals surface area contributed by atoms with E-state index in [4.69, 9.17) is 4.74 Å². The number of carbonyl (C=O) groups excluding carboxylic acids is 1. The zero-order valence-corrected chi connectivity index (χ0v) is 18.7. The smallest absolute Gasteiger partial charge is 0.251 e. The summed E-state index contributed by atoms with van der Waals surface area (Å²) < 4.78 is 5.82. The third-order valence-corrected chi connectivity index (χ3v) is 6.35. The van der Waals surface area contributed by atoms with Crippen LogP contribution in [0.4, 0.5) is 0 Å². The van der Waals surface area contributed by atoms with Crippen LogP contribution in [0.25, 0.3) is 0 Å². The number of nitrogens with zero attached hydrogens (tertiary/aromatic N) is 2. The maximum absolute atomic E-state index is 12.7. The van der Waals surface area contributed by atoms with Crippen LogP contribution in [-0.4, -0.2) is 48.9 Å². The molecule has 31 heavy (non-hydrogen) atoms. The molecule has 2 heterocycles. The molecule has 1 fully saturated rings. The van der Waals surface area contributed by atoms with Crippen molar-refractivity contribution in [2.45, 2.75) is 19.7 Å². The Kier molecular flexibility index (Phi) is 7.35. The summed E-state index contributed by atoms with van der Waals surface area (Å²) in [5, 5.41) is 5.07. The second kappa shape index (κ2) is 10.6. The van der Waals surface area contributed by atoms with Crippen LogP contribution < -0.4 is 10.1 Å². The normalized spacial score (nSPS) is 15.0. The van der Waals surface area contributed by atoms with E-state index >= 15 is 0 Å². The number of hydrogen-bond donors (Lipinski definition) is 1. The van der Waals surface area contributed by atoms with Crippen LogP contribution in [0.3, 0.4) is 0 Å². The van der Waals surface area contributed by atoms with Crippen LogP contribution in [0, 0.1) is 0 Å². The Balaban J connectivity index is 1.30. The summed E-state index contributed by atoms with van der Waals surface area (Å²) in [6.45, 7) is 6.42. The molecule has 2 aromatic carbocycles. The summed E-state index contributed by atoms with van der Waals surface area (Å²) >= 11 is 1.66. The molecule has 0 aliphatic carbocycles. The first-order valence-electron chi connectivity index (χ1n) is 10.7. The number of rotatable bonds is 8. The van der Waals surface area contributed by atoms with Crippen LogP contribution >= 0.6 is 11.3 Å². The van der Waals surface area contributed by atoms with Gasteiger partial charge < -0.3 is 15.0 Å². The maximum Gasteiger partial charge on any atom is 0.251 e. The second-order valence-corrected chi connectivity index (χ2v) is 9.01. The Hall–Kier alpha value is -2.67. The lowest BCUT2D eigenvalue weighted by Gasteiger charge is -2.32. The van der Waals surface area contributed by atoms with Gasteiger partial charge in [0.05, 0.1) is 0 Å². The maximum atomic E-state index is 12.7. The molecule has 0 saturated carbocycles. The van der Waals surface area contributed by atoms with Gasteiger partial charge in [-0.2, -0.15) is 0 Å². The summed E-state index contributed by atoms with van der Waals surface area (Å²) in [5.74, 6) is 0.612. The van der Waals surface area contributed by atoms with Gasteiger partial charge in [0.25, 0.3) is 5.91 Å². The van der Waals surface area contributed by atoms with Crippen LogP contribution in [-0.2, 0) is 19.7 Å². The van der Waals surface area contributed by atoms with Gasteiger partial charge in [0.2, 0.25) is 0 Å². The number of nitrogens with one attached hydrogen (secondary N) is 1. The number of hydrogen-bond acceptors (Lipinski definition) is 5. The van der Waals surface area contributed by atoms with Crippen molar-refractivity contribution in [1.82, 2.24) is 15.1 Å². The fourth-order valence-electron chi connectivity index (χ4n) is 3.66. The molecule has 1 amide bonds. The number of ether oxygens (including phenoxy) is 1. The van der Waals surface area contributed by atoms with Gasteiger partial charge in [-0.25, -0.2) is 0 Å². The molecule has 4 rings (SSSR count). The van der Waals surface area contributed by atoms with Crippen molar-refractivity contribution in [1.29, 1.82) is 0 Å². The first-order valence-corrected chi connectivity index (χ1v) is 11.6. The Morgan fingerprint density at radius 3 is 2.61 bits per heavy atom. The van der Waals surface area contributed by atoms with Crippen LogP contribution in [0.15, 0.2) is 66.0 Å². The SMILES string of the molecule is CN1CCN(Cc2cccc(CNC(=O)c3cccc(OCc4cccs4)c3)c2)CC1. The predicted molar refractivity (Wildman–Crippen MR) is 125 cm³/mol. The van der Waals surface area contributed by atoms with Gasteiger partial charge >= 0.3 is 0 Å². The van der Waals surface area contributed by atoms with Crippen LogP contribution in [0.5, 0.6) is 5.75 Å². The molecular weight excluding hydrogens is 406 g/mol. The average Bonchev–Trinajstić information content (AvgIpc) is 3.32. The lowest BCUT2D eigenvalue weighted by Crippen LogP contribution is -2.43. The van der Waals surface area contributed by atoms with Crippen molar-refractivity contribution in [2.75, 3.05) is 33.2 Å². The highest BCUT2D eigenvalue weighted by molar-refractivity contribution is 7.09. The van der Waals surface area contributed by atoms with Crippen molar-refractivity contribution in [3.8, 4) is 5.75 Å². The molecular formula is C25H29N3O2S. The van der Waals surface area contributed by atoms with Gasteiger partial charge in [-0.1, -0.05) is 36.4 Å². The minimum atomic E-state index is -0.0916. The van der Waals surface area contributed by atoms with Crippen LogP contribution in [0.1, 0.15) is 26.4 Å². The van der Waals surface area contributed by atoms with E-state index in [9.17, 15) is 4.79 Å². The molecule has 0 radical (unpaired) electrons. The molecule has 162 valence electrons. The van der Waals surface area contributed by atoms with Crippen molar-refractivity contribution in [3.05, 3.63) is 87.6 Å². The largest absolute Gasteiger partial charge is 0.488 e. The van der Waals surface area contributed by atoms with Gasteiger partial charge in [-0.3, -0.25) is 9.69 Å². The highest BCUT2D eigenvalue weighted by Crippen LogP contribution is 2.17. The van der Waals surface area contributed by atoms with Gasteiger partial charge in [0.1, 0.15) is 12.4 Å². The molecule has 3 aromatic rings. The van der Waals surface area contributed by atoms with Crippen molar-refractivity contribution >= 4 is 17.2 Å². The summed E-state index contributed by atoms with van der Waals surface area (Å²) in [7, 11) is 2.17. The van der Waals surface area contributed by atoms with E-state index < -0.39 is 0 Å². The van der Waals surface area contributed by atoms with E-state index in [1.54, 1.807) is 17.4 Å². The average molecular weight is 436 g/mol.